The van der Waals surface area contributed by atoms with Gasteiger partial charge in [0.2, 0.25) is 0 Å². The number of hydrogen-bond donors (Lipinski definition) is 0. The minimum Gasteiger partial charge on any atom is -0.382 e. The van der Waals surface area contributed by atoms with Gasteiger partial charge in [-0.3, -0.25) is 0 Å². The van der Waals surface area contributed by atoms with Gasteiger partial charge in [-0.25, -0.2) is 9.78 Å². The lowest BCUT2D eigenvalue weighted by atomic mass is 9.40. The summed E-state index contributed by atoms with van der Waals surface area (Å²) in [5, 5.41) is 0.449. The second-order valence-electron chi connectivity index (χ2n) is 16.7. The van der Waals surface area contributed by atoms with E-state index < -0.39 is 0 Å². The summed E-state index contributed by atoms with van der Waals surface area (Å²) >= 11 is 2.86. The number of alkyl halides is 1. The van der Waals surface area contributed by atoms with Crippen LogP contribution in [0.25, 0.3) is 0 Å². The molecule has 2 rings (SSSR count). The van der Waals surface area contributed by atoms with Crippen molar-refractivity contribution in [1.29, 1.82) is 0 Å². The SMILES string of the molecule is BC1(CCC)CCCCCCCCCCCCCCCC(C)(I)C(B)(C(C)(C)COOCOCC2CC(CCCOCC)C2)C1. The quantitative estimate of drug-likeness (QED) is 0.0318. The molecule has 2 aliphatic rings. The van der Waals surface area contributed by atoms with Gasteiger partial charge in [-0.05, 0) is 61.6 Å². The minimum atomic E-state index is -0.0423. The van der Waals surface area contributed by atoms with Crippen LogP contribution < -0.4 is 0 Å². The summed E-state index contributed by atoms with van der Waals surface area (Å²) in [6.45, 7) is 15.2. The summed E-state index contributed by atoms with van der Waals surface area (Å²) < 4.78 is 11.6. The Bertz CT molecular complexity index is 747. The second-order valence-corrected chi connectivity index (χ2v) is 19.0. The van der Waals surface area contributed by atoms with Crippen molar-refractivity contribution < 1.29 is 19.2 Å². The number of hydrogen-bond acceptors (Lipinski definition) is 4. The molecule has 4 nitrogen and oxygen atoms in total. The highest BCUT2D eigenvalue weighted by molar-refractivity contribution is 14.1. The summed E-state index contributed by atoms with van der Waals surface area (Å²) in [6.07, 6.45) is 29.8. The van der Waals surface area contributed by atoms with Gasteiger partial charge in [0.25, 0.3) is 0 Å². The van der Waals surface area contributed by atoms with E-state index in [4.69, 9.17) is 19.2 Å². The largest absolute Gasteiger partial charge is 0.382 e. The summed E-state index contributed by atoms with van der Waals surface area (Å²) in [6, 6.07) is 0. The average molecular weight is 745 g/mol. The van der Waals surface area contributed by atoms with Crippen molar-refractivity contribution in [3.8, 4) is 0 Å². The lowest BCUT2D eigenvalue weighted by molar-refractivity contribution is -0.350. The van der Waals surface area contributed by atoms with E-state index in [1.165, 1.54) is 141 Å². The molecule has 0 aromatic heterocycles. The molecular weight excluding hydrogens is 669 g/mol. The highest BCUT2D eigenvalue weighted by Crippen LogP contribution is 2.65. The van der Waals surface area contributed by atoms with Gasteiger partial charge in [-0.15, -0.1) is 0 Å². The standard InChI is InChI=1S/C38H75B2IO4/c1-6-23-37(39)25-20-18-16-14-12-10-8-9-11-13-15-17-19-24-36(5,41)38(40,30-37)35(3,4)31-44-45-32-43-29-34-27-33(28-34)22-21-26-42-7-2/h33-34H,6-32,39-40H2,1-5H3. The minimum absolute atomic E-state index is 0.0423. The first-order valence-electron chi connectivity index (χ1n) is 19.6. The van der Waals surface area contributed by atoms with Gasteiger partial charge < -0.3 is 9.47 Å². The van der Waals surface area contributed by atoms with Crippen molar-refractivity contribution in [2.24, 2.45) is 17.3 Å². The van der Waals surface area contributed by atoms with Crippen molar-refractivity contribution in [3.63, 3.8) is 0 Å². The van der Waals surface area contributed by atoms with Crippen molar-refractivity contribution in [2.45, 2.75) is 190 Å². The van der Waals surface area contributed by atoms with Gasteiger partial charge in [-0.2, -0.15) is 0 Å². The average Bonchev–Trinajstić information content (AvgIpc) is 2.96. The third-order valence-corrected chi connectivity index (χ3v) is 13.9. The molecule has 264 valence electrons. The summed E-state index contributed by atoms with van der Waals surface area (Å²) in [5.74, 6) is 1.53. The van der Waals surface area contributed by atoms with E-state index in [9.17, 15) is 0 Å². The Morgan fingerprint density at radius 2 is 1.31 bits per heavy atom. The molecule has 2 aliphatic carbocycles. The Morgan fingerprint density at radius 1 is 0.756 bits per heavy atom. The van der Waals surface area contributed by atoms with Crippen LogP contribution in [-0.2, 0) is 19.2 Å². The zero-order valence-electron chi connectivity index (χ0n) is 31.3. The fourth-order valence-corrected chi connectivity index (χ4v) is 9.91. The van der Waals surface area contributed by atoms with E-state index in [1.807, 2.05) is 0 Å². The predicted octanol–water partition coefficient (Wildman–Crippen LogP) is 10.6. The maximum absolute atomic E-state index is 6.00. The third kappa shape index (κ3) is 15.4. The van der Waals surface area contributed by atoms with Crippen LogP contribution >= 0.6 is 22.6 Å². The van der Waals surface area contributed by atoms with E-state index in [0.29, 0.717) is 17.8 Å². The molecule has 0 heterocycles. The Balaban J connectivity index is 1.96. The molecule has 0 amide bonds. The van der Waals surface area contributed by atoms with Gasteiger partial charge in [-0.1, -0.05) is 165 Å². The molecule has 0 bridgehead atoms. The molecule has 0 spiro atoms. The number of ether oxygens (including phenoxy) is 2. The monoisotopic (exact) mass is 744 g/mol. The lowest BCUT2D eigenvalue weighted by Crippen LogP contribution is -2.50. The molecule has 0 saturated heterocycles. The van der Waals surface area contributed by atoms with Gasteiger partial charge >= 0.3 is 0 Å². The molecule has 7 heteroatoms. The van der Waals surface area contributed by atoms with Gasteiger partial charge in [0.1, 0.15) is 15.7 Å². The molecular formula is C38H75B2IO4. The fourth-order valence-electron chi connectivity index (χ4n) is 8.61. The van der Waals surface area contributed by atoms with Gasteiger partial charge in [0.15, 0.2) is 6.79 Å². The second kappa shape index (κ2) is 22.4. The molecule has 3 unspecified atom stereocenters. The fraction of sp³-hybridized carbons (Fsp3) is 1.00. The first-order chi connectivity index (χ1) is 21.5. The first kappa shape index (κ1) is 41.9. The zero-order chi connectivity index (χ0) is 33.1. The normalized spacial score (nSPS) is 32.2. The number of rotatable bonds is 15. The third-order valence-electron chi connectivity index (χ3n) is 12.1. The van der Waals surface area contributed by atoms with Crippen molar-refractivity contribution in [1.82, 2.24) is 0 Å². The van der Waals surface area contributed by atoms with E-state index in [1.54, 1.807) is 0 Å². The Kier molecular flexibility index (Phi) is 20.9. The highest BCUT2D eigenvalue weighted by atomic mass is 127. The molecule has 3 atom stereocenters. The van der Waals surface area contributed by atoms with Crippen LogP contribution in [0.15, 0.2) is 0 Å². The summed E-state index contributed by atoms with van der Waals surface area (Å²) in [7, 11) is 5.20. The first-order valence-corrected chi connectivity index (χ1v) is 20.7. The van der Waals surface area contributed by atoms with Crippen LogP contribution in [-0.4, -0.2) is 52.3 Å². The zero-order valence-corrected chi connectivity index (χ0v) is 33.4. The Labute approximate surface area is 296 Å². The molecule has 0 aromatic rings. The predicted molar refractivity (Wildman–Crippen MR) is 207 cm³/mol. The molecule has 0 aromatic carbocycles. The molecule has 45 heavy (non-hydrogen) atoms. The molecule has 0 N–H and O–H groups in total. The van der Waals surface area contributed by atoms with Gasteiger partial charge in [0.05, 0.1) is 13.2 Å². The molecule has 2 saturated carbocycles. The lowest BCUT2D eigenvalue weighted by Gasteiger charge is -2.57. The van der Waals surface area contributed by atoms with E-state index >= 15 is 0 Å². The molecule has 0 aliphatic heterocycles. The van der Waals surface area contributed by atoms with Crippen LogP contribution in [0.4, 0.5) is 0 Å². The van der Waals surface area contributed by atoms with Crippen molar-refractivity contribution in [3.05, 3.63) is 0 Å². The van der Waals surface area contributed by atoms with E-state index in [2.05, 4.69) is 72.9 Å². The number of halogens is 1. The van der Waals surface area contributed by atoms with Crippen LogP contribution in [0.2, 0.25) is 10.6 Å². The van der Waals surface area contributed by atoms with E-state index in [-0.39, 0.29) is 20.9 Å². The van der Waals surface area contributed by atoms with Crippen molar-refractivity contribution >= 4 is 38.3 Å². The highest BCUT2D eigenvalue weighted by Gasteiger charge is 2.54. The van der Waals surface area contributed by atoms with Crippen molar-refractivity contribution in [2.75, 3.05) is 33.2 Å². The van der Waals surface area contributed by atoms with Crippen LogP contribution in [0.5, 0.6) is 0 Å². The maximum atomic E-state index is 6.00. The summed E-state index contributed by atoms with van der Waals surface area (Å²) in [5.41, 5.74) is -0.0423. The Hall–Kier alpha value is 0.700. The topological polar surface area (TPSA) is 36.9 Å². The maximum Gasteiger partial charge on any atom is 0.180 e. The molecule has 0 radical (unpaired) electrons. The summed E-state index contributed by atoms with van der Waals surface area (Å²) in [4.78, 5) is 11.7. The van der Waals surface area contributed by atoms with Crippen LogP contribution in [0, 0.1) is 17.3 Å². The van der Waals surface area contributed by atoms with Gasteiger partial charge in [0, 0.05) is 16.6 Å². The molecule has 2 fully saturated rings. The Morgan fingerprint density at radius 3 is 1.87 bits per heavy atom. The smallest absolute Gasteiger partial charge is 0.180 e. The van der Waals surface area contributed by atoms with E-state index in [0.717, 1.165) is 25.7 Å². The van der Waals surface area contributed by atoms with Crippen LogP contribution in [0.1, 0.15) is 176 Å². The van der Waals surface area contributed by atoms with Crippen LogP contribution in [0.3, 0.4) is 0 Å².